The molecule has 0 saturated carbocycles. The lowest BCUT2D eigenvalue weighted by molar-refractivity contribution is -0.143. The molecular weight excluding hydrogens is 452 g/mol. The quantitative estimate of drug-likeness (QED) is 0.555. The van der Waals surface area contributed by atoms with Gasteiger partial charge in [-0.25, -0.2) is 0 Å². The first kappa shape index (κ1) is 17.7. The van der Waals surface area contributed by atoms with Crippen molar-refractivity contribution in [2.45, 2.75) is 6.61 Å². The molecule has 25 heavy (non-hydrogen) atoms. The Balaban J connectivity index is 1.59. The van der Waals surface area contributed by atoms with Gasteiger partial charge in [-0.2, -0.15) is 0 Å². The normalized spacial score (nSPS) is 10.6. The molecule has 2 N–H and O–H groups in total. The first-order chi connectivity index (χ1) is 12.0. The smallest absolute Gasteiger partial charge is 0.325 e. The van der Waals surface area contributed by atoms with Crippen molar-refractivity contribution in [3.63, 3.8) is 0 Å². The number of carbonyl (C=O) groups is 2. The number of ether oxygens (including phenoxy) is 1. The lowest BCUT2D eigenvalue weighted by atomic mass is 10.1. The minimum atomic E-state index is -0.485. The van der Waals surface area contributed by atoms with Crippen LogP contribution in [0.2, 0.25) is 0 Å². The van der Waals surface area contributed by atoms with Crippen molar-refractivity contribution in [3.8, 4) is 0 Å². The van der Waals surface area contributed by atoms with Crippen LogP contribution in [0.4, 0.5) is 0 Å². The molecule has 0 fully saturated rings. The zero-order chi connectivity index (χ0) is 17.8. The summed E-state index contributed by atoms with van der Waals surface area (Å²) in [7, 11) is 0. The third-order valence-electron chi connectivity index (χ3n) is 3.60. The van der Waals surface area contributed by atoms with Gasteiger partial charge in [0.15, 0.2) is 0 Å². The predicted molar refractivity (Wildman–Crippen MR) is 102 cm³/mol. The summed E-state index contributed by atoms with van der Waals surface area (Å²) in [5.41, 5.74) is 2.19. The van der Waals surface area contributed by atoms with Crippen LogP contribution in [-0.4, -0.2) is 23.4 Å². The number of halogens is 2. The Kier molecular flexibility index (Phi) is 5.55. The molecule has 3 rings (SSSR count). The van der Waals surface area contributed by atoms with E-state index in [1.165, 1.54) is 0 Å². The van der Waals surface area contributed by atoms with E-state index < -0.39 is 5.97 Å². The average Bonchev–Trinajstić information content (AvgIpc) is 3.02. The highest BCUT2D eigenvalue weighted by atomic mass is 79.9. The highest BCUT2D eigenvalue weighted by Gasteiger charge is 2.15. The SMILES string of the molecule is O=C(CNC(=O)c1c[nH]c2cc(Br)c(Br)cc12)OCc1ccccc1. The number of amides is 1. The van der Waals surface area contributed by atoms with Gasteiger partial charge in [0.25, 0.3) is 5.91 Å². The Morgan fingerprint density at radius 3 is 2.56 bits per heavy atom. The summed E-state index contributed by atoms with van der Waals surface area (Å²) in [5, 5.41) is 3.36. The summed E-state index contributed by atoms with van der Waals surface area (Å²) >= 11 is 6.84. The van der Waals surface area contributed by atoms with Crippen LogP contribution < -0.4 is 5.32 Å². The van der Waals surface area contributed by atoms with E-state index in [0.29, 0.717) is 5.56 Å². The monoisotopic (exact) mass is 464 g/mol. The summed E-state index contributed by atoms with van der Waals surface area (Å²) in [4.78, 5) is 27.2. The lowest BCUT2D eigenvalue weighted by Gasteiger charge is -2.06. The molecular formula is C18H14Br2N2O3. The molecule has 1 amide bonds. The predicted octanol–water partition coefficient (Wildman–Crippen LogP) is 4.17. The number of aromatic nitrogens is 1. The van der Waals surface area contributed by atoms with E-state index in [9.17, 15) is 9.59 Å². The van der Waals surface area contributed by atoms with Crippen molar-refractivity contribution in [1.29, 1.82) is 0 Å². The maximum absolute atomic E-state index is 12.3. The number of hydrogen-bond donors (Lipinski definition) is 2. The number of rotatable bonds is 5. The molecule has 1 heterocycles. The fraction of sp³-hybridized carbons (Fsp3) is 0.111. The second-order valence-corrected chi connectivity index (χ2v) is 7.05. The molecule has 0 aliphatic heterocycles. The molecule has 0 saturated heterocycles. The van der Waals surface area contributed by atoms with Crippen molar-refractivity contribution in [3.05, 3.63) is 68.7 Å². The second kappa shape index (κ2) is 7.84. The molecule has 5 nitrogen and oxygen atoms in total. The first-order valence-corrected chi connectivity index (χ1v) is 9.07. The van der Waals surface area contributed by atoms with Crippen LogP contribution in [0.5, 0.6) is 0 Å². The van der Waals surface area contributed by atoms with Crippen LogP contribution >= 0.6 is 31.9 Å². The zero-order valence-corrected chi connectivity index (χ0v) is 16.2. The standard InChI is InChI=1S/C18H14Br2N2O3/c19-14-6-12-13(8-21-16(12)7-15(14)20)18(24)22-9-17(23)25-10-11-4-2-1-3-5-11/h1-8,21H,9-10H2,(H,22,24). The van der Waals surface area contributed by atoms with Crippen molar-refractivity contribution in [2.75, 3.05) is 6.54 Å². The number of H-pyrrole nitrogens is 1. The Hall–Kier alpha value is -2.12. The molecule has 0 bridgehead atoms. The summed E-state index contributed by atoms with van der Waals surface area (Å²) in [6.45, 7) is -0.000356. The molecule has 0 spiro atoms. The van der Waals surface area contributed by atoms with Crippen LogP contribution in [0.25, 0.3) is 10.9 Å². The minimum absolute atomic E-state index is 0.184. The molecule has 1 aromatic heterocycles. The van der Waals surface area contributed by atoms with Gasteiger partial charge < -0.3 is 15.0 Å². The fourth-order valence-corrected chi connectivity index (χ4v) is 3.03. The van der Waals surface area contributed by atoms with Crippen molar-refractivity contribution < 1.29 is 14.3 Å². The molecule has 0 unspecified atom stereocenters. The third-order valence-corrected chi connectivity index (χ3v) is 5.45. The maximum atomic E-state index is 12.3. The Morgan fingerprint density at radius 2 is 1.80 bits per heavy atom. The van der Waals surface area contributed by atoms with Gasteiger partial charge in [-0.1, -0.05) is 30.3 Å². The van der Waals surface area contributed by atoms with Crippen molar-refractivity contribution >= 4 is 54.6 Å². The van der Waals surface area contributed by atoms with Crippen LogP contribution in [0.15, 0.2) is 57.6 Å². The van der Waals surface area contributed by atoms with Gasteiger partial charge in [-0.05, 0) is 49.6 Å². The Bertz CT molecular complexity index is 923. The zero-order valence-electron chi connectivity index (χ0n) is 13.0. The largest absolute Gasteiger partial charge is 0.460 e. The van der Waals surface area contributed by atoms with Gasteiger partial charge in [0, 0.05) is 26.0 Å². The second-order valence-electron chi connectivity index (χ2n) is 5.34. The van der Waals surface area contributed by atoms with Crippen molar-refractivity contribution in [2.24, 2.45) is 0 Å². The molecule has 2 aromatic carbocycles. The average molecular weight is 466 g/mol. The number of nitrogens with one attached hydrogen (secondary N) is 2. The molecule has 7 heteroatoms. The van der Waals surface area contributed by atoms with E-state index in [4.69, 9.17) is 4.74 Å². The van der Waals surface area contributed by atoms with Crippen LogP contribution in [-0.2, 0) is 16.1 Å². The number of esters is 1. The maximum Gasteiger partial charge on any atom is 0.325 e. The van der Waals surface area contributed by atoms with E-state index >= 15 is 0 Å². The van der Waals surface area contributed by atoms with Gasteiger partial charge in [-0.3, -0.25) is 9.59 Å². The minimum Gasteiger partial charge on any atom is -0.460 e. The third kappa shape index (κ3) is 4.29. The molecule has 0 atom stereocenters. The molecule has 0 radical (unpaired) electrons. The Morgan fingerprint density at radius 1 is 1.08 bits per heavy atom. The molecule has 0 aliphatic carbocycles. The van der Waals surface area contributed by atoms with Crippen LogP contribution in [0, 0.1) is 0 Å². The van der Waals surface area contributed by atoms with E-state index in [-0.39, 0.29) is 19.1 Å². The molecule has 128 valence electrons. The number of hydrogen-bond acceptors (Lipinski definition) is 3. The first-order valence-electron chi connectivity index (χ1n) is 7.48. The van der Waals surface area contributed by atoms with E-state index in [1.54, 1.807) is 6.20 Å². The molecule has 0 aliphatic rings. The van der Waals surface area contributed by atoms with E-state index in [0.717, 1.165) is 25.4 Å². The number of benzene rings is 2. The fourth-order valence-electron chi connectivity index (χ4n) is 2.34. The van der Waals surface area contributed by atoms with Crippen LogP contribution in [0.3, 0.4) is 0 Å². The highest BCUT2D eigenvalue weighted by Crippen LogP contribution is 2.29. The van der Waals surface area contributed by atoms with E-state index in [2.05, 4.69) is 42.2 Å². The van der Waals surface area contributed by atoms with E-state index in [1.807, 2.05) is 42.5 Å². The number of aromatic amines is 1. The summed E-state index contributed by atoms with van der Waals surface area (Å²) < 4.78 is 6.87. The highest BCUT2D eigenvalue weighted by molar-refractivity contribution is 9.13. The number of carbonyl (C=O) groups excluding carboxylic acids is 2. The number of fused-ring (bicyclic) bond motifs is 1. The van der Waals surface area contributed by atoms with Gasteiger partial charge in [0.05, 0.1) is 5.56 Å². The summed E-state index contributed by atoms with van der Waals surface area (Å²) in [6, 6.07) is 13.1. The van der Waals surface area contributed by atoms with Crippen LogP contribution in [0.1, 0.15) is 15.9 Å². The van der Waals surface area contributed by atoms with Gasteiger partial charge in [0.2, 0.25) is 0 Å². The topological polar surface area (TPSA) is 71.2 Å². The molecule has 3 aromatic rings. The lowest BCUT2D eigenvalue weighted by Crippen LogP contribution is -2.30. The summed E-state index contributed by atoms with van der Waals surface area (Å²) in [5.74, 6) is -0.821. The summed E-state index contributed by atoms with van der Waals surface area (Å²) in [6.07, 6.45) is 1.62. The Labute approximate surface area is 161 Å². The van der Waals surface area contributed by atoms with Gasteiger partial charge in [-0.15, -0.1) is 0 Å². The van der Waals surface area contributed by atoms with Gasteiger partial charge >= 0.3 is 5.97 Å². The van der Waals surface area contributed by atoms with Crippen molar-refractivity contribution in [1.82, 2.24) is 10.3 Å². The van der Waals surface area contributed by atoms with Gasteiger partial charge in [0.1, 0.15) is 13.2 Å².